The minimum absolute atomic E-state index is 0.000110. The van der Waals surface area contributed by atoms with Gasteiger partial charge >= 0.3 is 0 Å². The Balaban J connectivity index is 1.83. The Bertz CT molecular complexity index is 770. The minimum Gasteiger partial charge on any atom is -0.347 e. The van der Waals surface area contributed by atoms with Crippen LogP contribution in [0.3, 0.4) is 0 Å². The van der Waals surface area contributed by atoms with Crippen LogP contribution in [0, 0.1) is 0 Å². The first-order valence-corrected chi connectivity index (χ1v) is 7.82. The van der Waals surface area contributed by atoms with Crippen molar-refractivity contribution in [3.05, 3.63) is 89.7 Å². The maximum Gasteiger partial charge on any atom is 0.178 e. The van der Waals surface area contributed by atoms with E-state index >= 15 is 0 Å². The van der Waals surface area contributed by atoms with Gasteiger partial charge in [0, 0.05) is 23.8 Å². The number of benzene rings is 1. The number of likely N-dealkylation sites (N-methyl/N-ethyl adjacent to an activating group) is 1. The number of allylic oxidation sites excluding steroid dienone is 10. The number of rotatable bonds is 2. The van der Waals surface area contributed by atoms with Crippen molar-refractivity contribution < 1.29 is 4.79 Å². The van der Waals surface area contributed by atoms with Crippen LogP contribution in [0.4, 0.5) is 5.69 Å². The topological polar surface area (TPSA) is 20.3 Å². The second kappa shape index (κ2) is 5.88. The highest BCUT2D eigenvalue weighted by Crippen LogP contribution is 2.46. The molecule has 2 heteroatoms. The Hall–Kier alpha value is -2.61. The number of anilines is 1. The van der Waals surface area contributed by atoms with Crippen molar-refractivity contribution in [3.63, 3.8) is 0 Å². The summed E-state index contributed by atoms with van der Waals surface area (Å²) < 4.78 is 0. The van der Waals surface area contributed by atoms with E-state index in [0.717, 1.165) is 5.57 Å². The molecular formula is C21H21NO. The average Bonchev–Trinajstić information content (AvgIpc) is 2.74. The quantitative estimate of drug-likeness (QED) is 0.803. The SMILES string of the molecule is CN1C(=CC=CC=C2C=CC(=O)C=C2)C(C)(C)c2ccccc21. The van der Waals surface area contributed by atoms with Gasteiger partial charge in [0.05, 0.1) is 0 Å². The average molecular weight is 303 g/mol. The van der Waals surface area contributed by atoms with E-state index in [9.17, 15) is 4.79 Å². The smallest absolute Gasteiger partial charge is 0.178 e. The molecule has 0 unspecified atom stereocenters. The van der Waals surface area contributed by atoms with E-state index in [2.05, 4.69) is 62.2 Å². The molecule has 3 rings (SSSR count). The normalized spacial score (nSPS) is 20.7. The molecule has 0 spiro atoms. The van der Waals surface area contributed by atoms with Gasteiger partial charge in [0.25, 0.3) is 0 Å². The standard InChI is InChI=1S/C21H21NO/c1-21(2)18-9-5-6-10-19(18)22(3)20(21)11-7-4-8-16-12-14-17(23)15-13-16/h4-15H,1-3H3. The predicted octanol–water partition coefficient (Wildman–Crippen LogP) is 4.48. The van der Waals surface area contributed by atoms with E-state index in [0.29, 0.717) is 0 Å². The number of hydrogen-bond acceptors (Lipinski definition) is 2. The Kier molecular flexibility index (Phi) is 3.91. The van der Waals surface area contributed by atoms with Gasteiger partial charge < -0.3 is 4.90 Å². The molecule has 0 radical (unpaired) electrons. The summed E-state index contributed by atoms with van der Waals surface area (Å²) in [6.07, 6.45) is 15.1. The van der Waals surface area contributed by atoms with E-state index in [4.69, 9.17) is 0 Å². The largest absolute Gasteiger partial charge is 0.347 e. The zero-order valence-corrected chi connectivity index (χ0v) is 13.8. The van der Waals surface area contributed by atoms with Gasteiger partial charge in [-0.25, -0.2) is 0 Å². The highest BCUT2D eigenvalue weighted by Gasteiger charge is 2.37. The lowest BCUT2D eigenvalue weighted by molar-refractivity contribution is -0.110. The summed E-state index contributed by atoms with van der Waals surface area (Å²) in [4.78, 5) is 13.4. The molecule has 0 atom stereocenters. The van der Waals surface area contributed by atoms with Crippen molar-refractivity contribution in [1.29, 1.82) is 0 Å². The third-order valence-corrected chi connectivity index (χ3v) is 4.47. The Morgan fingerprint density at radius 3 is 2.30 bits per heavy atom. The lowest BCUT2D eigenvalue weighted by Crippen LogP contribution is -2.22. The van der Waals surface area contributed by atoms with Crippen molar-refractivity contribution in [2.45, 2.75) is 19.3 Å². The molecule has 0 N–H and O–H groups in total. The summed E-state index contributed by atoms with van der Waals surface area (Å²) in [5.41, 5.74) is 4.93. The lowest BCUT2D eigenvalue weighted by Gasteiger charge is -2.23. The number of fused-ring (bicyclic) bond motifs is 1. The first-order valence-electron chi connectivity index (χ1n) is 7.82. The van der Waals surface area contributed by atoms with Gasteiger partial charge in [0.1, 0.15) is 0 Å². The molecular weight excluding hydrogens is 282 g/mol. The Morgan fingerprint density at radius 1 is 0.957 bits per heavy atom. The van der Waals surface area contributed by atoms with E-state index in [-0.39, 0.29) is 11.2 Å². The second-order valence-electron chi connectivity index (χ2n) is 6.37. The fourth-order valence-corrected chi connectivity index (χ4v) is 3.19. The summed E-state index contributed by atoms with van der Waals surface area (Å²) >= 11 is 0. The summed E-state index contributed by atoms with van der Waals surface area (Å²) in [7, 11) is 2.12. The number of carbonyl (C=O) groups excluding carboxylic acids is 1. The highest BCUT2D eigenvalue weighted by atomic mass is 16.1. The summed E-state index contributed by atoms with van der Waals surface area (Å²) in [5.74, 6) is 0.0420. The van der Waals surface area contributed by atoms with Crippen LogP contribution in [0.2, 0.25) is 0 Å². The predicted molar refractivity (Wildman–Crippen MR) is 96.5 cm³/mol. The molecule has 1 aromatic rings. The maximum atomic E-state index is 11.1. The third-order valence-electron chi connectivity index (χ3n) is 4.47. The van der Waals surface area contributed by atoms with Crippen LogP contribution in [0.1, 0.15) is 19.4 Å². The highest BCUT2D eigenvalue weighted by molar-refractivity contribution is 6.01. The monoisotopic (exact) mass is 303 g/mol. The van der Waals surface area contributed by atoms with E-state index < -0.39 is 0 Å². The van der Waals surface area contributed by atoms with Crippen LogP contribution in [-0.4, -0.2) is 12.8 Å². The number of hydrogen-bond donors (Lipinski definition) is 0. The number of para-hydroxylation sites is 1. The van der Waals surface area contributed by atoms with Gasteiger partial charge in [-0.3, -0.25) is 4.79 Å². The van der Waals surface area contributed by atoms with Crippen LogP contribution in [0.25, 0.3) is 0 Å². The fourth-order valence-electron chi connectivity index (χ4n) is 3.19. The van der Waals surface area contributed by atoms with Gasteiger partial charge in [-0.15, -0.1) is 0 Å². The first kappa shape index (κ1) is 15.3. The van der Waals surface area contributed by atoms with E-state index in [1.54, 1.807) is 12.2 Å². The van der Waals surface area contributed by atoms with Crippen LogP contribution in [0.15, 0.2) is 84.1 Å². The zero-order chi connectivity index (χ0) is 16.4. The Labute approximate surface area is 137 Å². The number of carbonyl (C=O) groups is 1. The van der Waals surface area contributed by atoms with Gasteiger partial charge in [-0.1, -0.05) is 62.4 Å². The fraction of sp³-hybridized carbons (Fsp3) is 0.190. The molecule has 0 amide bonds. The second-order valence-corrected chi connectivity index (χ2v) is 6.37. The molecule has 0 fully saturated rings. The molecule has 1 heterocycles. The molecule has 1 aliphatic heterocycles. The molecule has 23 heavy (non-hydrogen) atoms. The van der Waals surface area contributed by atoms with E-state index in [1.165, 1.54) is 16.9 Å². The Morgan fingerprint density at radius 2 is 1.61 bits per heavy atom. The third kappa shape index (κ3) is 2.85. The first-order chi connectivity index (χ1) is 11.0. The van der Waals surface area contributed by atoms with Crippen LogP contribution < -0.4 is 4.90 Å². The van der Waals surface area contributed by atoms with Crippen LogP contribution in [0.5, 0.6) is 0 Å². The summed E-state index contributed by atoms with van der Waals surface area (Å²) in [5, 5.41) is 0. The molecule has 1 aliphatic carbocycles. The molecule has 2 aliphatic rings. The van der Waals surface area contributed by atoms with Gasteiger partial charge in [0.15, 0.2) is 5.78 Å². The van der Waals surface area contributed by atoms with Crippen molar-refractivity contribution in [3.8, 4) is 0 Å². The minimum atomic E-state index is -0.000110. The molecule has 0 aromatic heterocycles. The molecule has 2 nitrogen and oxygen atoms in total. The summed E-state index contributed by atoms with van der Waals surface area (Å²) in [6.45, 7) is 4.51. The van der Waals surface area contributed by atoms with Crippen molar-refractivity contribution in [1.82, 2.24) is 0 Å². The number of ketones is 1. The van der Waals surface area contributed by atoms with Gasteiger partial charge in [-0.05, 0) is 35.4 Å². The zero-order valence-electron chi connectivity index (χ0n) is 13.8. The molecule has 0 saturated heterocycles. The van der Waals surface area contributed by atoms with Gasteiger partial charge in [0.2, 0.25) is 0 Å². The molecule has 116 valence electrons. The molecule has 0 bridgehead atoms. The van der Waals surface area contributed by atoms with Gasteiger partial charge in [-0.2, -0.15) is 0 Å². The number of nitrogens with zero attached hydrogens (tertiary/aromatic N) is 1. The van der Waals surface area contributed by atoms with Crippen molar-refractivity contribution >= 4 is 11.5 Å². The van der Waals surface area contributed by atoms with Crippen LogP contribution >= 0.6 is 0 Å². The van der Waals surface area contributed by atoms with Crippen molar-refractivity contribution in [2.24, 2.45) is 0 Å². The maximum absolute atomic E-state index is 11.1. The lowest BCUT2D eigenvalue weighted by atomic mass is 9.84. The molecule has 1 aromatic carbocycles. The summed E-state index contributed by atoms with van der Waals surface area (Å²) in [6, 6.07) is 8.55. The van der Waals surface area contributed by atoms with Crippen LogP contribution in [-0.2, 0) is 10.2 Å². The molecule has 0 saturated carbocycles. The van der Waals surface area contributed by atoms with E-state index in [1.807, 2.05) is 24.3 Å². The van der Waals surface area contributed by atoms with Crippen molar-refractivity contribution in [2.75, 3.05) is 11.9 Å².